The number of rotatable bonds is 4. The maximum atomic E-state index is 10.6. The highest BCUT2D eigenvalue weighted by Crippen LogP contribution is 2.43. The second-order valence-electron chi connectivity index (χ2n) is 7.62. The van der Waals surface area contributed by atoms with Crippen LogP contribution >= 0.6 is 0 Å². The number of nitrogens with zero attached hydrogens (tertiary/aromatic N) is 3. The van der Waals surface area contributed by atoms with E-state index in [1.54, 1.807) is 18.0 Å². The van der Waals surface area contributed by atoms with Crippen LogP contribution in [0.2, 0.25) is 0 Å². The Morgan fingerprint density at radius 3 is 2.54 bits per heavy atom. The van der Waals surface area contributed by atoms with Crippen LogP contribution in [0.1, 0.15) is 42.6 Å². The Hall–Kier alpha value is -1.75. The quantitative estimate of drug-likeness (QED) is 0.919. The Bertz CT molecular complexity index is 725. The summed E-state index contributed by atoms with van der Waals surface area (Å²) in [6.07, 6.45) is 6.51. The summed E-state index contributed by atoms with van der Waals surface area (Å²) >= 11 is 0. The number of aliphatic hydroxyl groups excluding tert-OH is 1. The average Bonchev–Trinajstić information content (AvgIpc) is 2.71. The van der Waals surface area contributed by atoms with E-state index in [0.717, 1.165) is 51.0 Å². The smallest absolute Gasteiger partial charge is 0.0918 e. The molecule has 26 heavy (non-hydrogen) atoms. The molecule has 1 N–H and O–H groups in total. The highest BCUT2D eigenvalue weighted by atomic mass is 16.3. The predicted molar refractivity (Wildman–Crippen MR) is 104 cm³/mol. The number of hydrogen-bond acceptors (Lipinski definition) is 4. The summed E-state index contributed by atoms with van der Waals surface area (Å²) in [5.41, 5.74) is 4.21. The highest BCUT2D eigenvalue weighted by molar-refractivity contribution is 5.37. The normalized spacial score (nSPS) is 21.5. The fourth-order valence-corrected chi connectivity index (χ4v) is 4.92. The molecule has 1 atom stereocenters. The van der Waals surface area contributed by atoms with E-state index in [1.165, 1.54) is 5.56 Å². The van der Waals surface area contributed by atoms with Gasteiger partial charge in [-0.15, -0.1) is 0 Å². The van der Waals surface area contributed by atoms with Gasteiger partial charge in [-0.2, -0.15) is 0 Å². The third kappa shape index (κ3) is 3.18. The van der Waals surface area contributed by atoms with Crippen molar-refractivity contribution in [3.63, 3.8) is 0 Å². The van der Waals surface area contributed by atoms with E-state index in [2.05, 4.69) is 46.0 Å². The second-order valence-corrected chi connectivity index (χ2v) is 7.62. The molecule has 0 bridgehead atoms. The Labute approximate surface area is 156 Å². The van der Waals surface area contributed by atoms with Gasteiger partial charge in [0.2, 0.25) is 0 Å². The second kappa shape index (κ2) is 7.47. The van der Waals surface area contributed by atoms with Crippen molar-refractivity contribution in [2.75, 3.05) is 32.7 Å². The van der Waals surface area contributed by atoms with E-state index in [9.17, 15) is 5.11 Å². The maximum absolute atomic E-state index is 10.6. The van der Waals surface area contributed by atoms with Gasteiger partial charge in [0.25, 0.3) is 0 Å². The molecule has 1 saturated heterocycles. The highest BCUT2D eigenvalue weighted by Gasteiger charge is 2.43. The van der Waals surface area contributed by atoms with Crippen molar-refractivity contribution in [2.24, 2.45) is 0 Å². The van der Waals surface area contributed by atoms with Crippen LogP contribution in [-0.2, 0) is 12.0 Å². The number of likely N-dealkylation sites (N-methyl/N-ethyl adjacent to an activating group) is 1. The van der Waals surface area contributed by atoms with Crippen LogP contribution in [0.3, 0.4) is 0 Å². The van der Waals surface area contributed by atoms with Crippen LogP contribution in [0.5, 0.6) is 0 Å². The largest absolute Gasteiger partial charge is 0.387 e. The number of pyridine rings is 1. The standard InChI is InChI=1S/C22H29N3O/c1-2-25-14-9-18-5-3-4-6-20(18)22(25)10-15-24(16-11-22)17-21(26)19-7-12-23-13-8-19/h3-8,12-13,21,26H,2,9-11,14-17H2,1H3. The molecule has 0 amide bonds. The number of aliphatic hydroxyl groups is 1. The molecule has 4 rings (SSSR count). The third-order valence-electron chi connectivity index (χ3n) is 6.36. The molecule has 2 aliphatic rings. The zero-order chi connectivity index (χ0) is 18.0. The van der Waals surface area contributed by atoms with Gasteiger partial charge in [0.1, 0.15) is 0 Å². The predicted octanol–water partition coefficient (Wildman–Crippen LogP) is 2.98. The summed E-state index contributed by atoms with van der Waals surface area (Å²) in [6.45, 7) is 7.32. The topological polar surface area (TPSA) is 39.6 Å². The molecule has 0 aliphatic carbocycles. The Morgan fingerprint density at radius 2 is 1.81 bits per heavy atom. The molecule has 1 spiro atoms. The Balaban J connectivity index is 1.48. The molecular formula is C22H29N3O. The lowest BCUT2D eigenvalue weighted by atomic mass is 9.74. The van der Waals surface area contributed by atoms with Gasteiger partial charge in [-0.05, 0) is 54.6 Å². The van der Waals surface area contributed by atoms with Gasteiger partial charge in [-0.1, -0.05) is 31.2 Å². The van der Waals surface area contributed by atoms with E-state index in [-0.39, 0.29) is 5.54 Å². The van der Waals surface area contributed by atoms with Crippen molar-refractivity contribution >= 4 is 0 Å². The Morgan fingerprint density at radius 1 is 1.08 bits per heavy atom. The summed E-state index contributed by atoms with van der Waals surface area (Å²) in [5.74, 6) is 0. The first-order valence-electron chi connectivity index (χ1n) is 9.87. The zero-order valence-electron chi connectivity index (χ0n) is 15.6. The summed E-state index contributed by atoms with van der Waals surface area (Å²) in [5, 5.41) is 10.6. The molecule has 1 fully saturated rings. The number of fused-ring (bicyclic) bond motifs is 2. The zero-order valence-corrected chi connectivity index (χ0v) is 15.6. The minimum Gasteiger partial charge on any atom is -0.387 e. The number of piperidine rings is 1. The number of aromatic nitrogens is 1. The van der Waals surface area contributed by atoms with Crippen molar-refractivity contribution in [3.05, 3.63) is 65.5 Å². The van der Waals surface area contributed by atoms with Gasteiger partial charge < -0.3 is 10.0 Å². The number of hydrogen-bond donors (Lipinski definition) is 1. The molecule has 4 nitrogen and oxygen atoms in total. The van der Waals surface area contributed by atoms with Gasteiger partial charge in [0.05, 0.1) is 6.10 Å². The fraction of sp³-hybridized carbons (Fsp3) is 0.500. The molecule has 138 valence electrons. The van der Waals surface area contributed by atoms with Crippen molar-refractivity contribution in [3.8, 4) is 0 Å². The van der Waals surface area contributed by atoms with Crippen LogP contribution in [0.25, 0.3) is 0 Å². The number of benzene rings is 1. The van der Waals surface area contributed by atoms with Gasteiger partial charge in [0, 0.05) is 44.1 Å². The number of likely N-dealkylation sites (tertiary alicyclic amines) is 1. The maximum Gasteiger partial charge on any atom is 0.0918 e. The van der Waals surface area contributed by atoms with E-state index < -0.39 is 6.10 Å². The van der Waals surface area contributed by atoms with Crippen molar-refractivity contribution in [1.82, 2.24) is 14.8 Å². The van der Waals surface area contributed by atoms with Gasteiger partial charge >= 0.3 is 0 Å². The van der Waals surface area contributed by atoms with Crippen LogP contribution in [0.15, 0.2) is 48.8 Å². The lowest BCUT2D eigenvalue weighted by molar-refractivity contribution is -0.000373. The minimum atomic E-state index is -0.437. The molecule has 3 heterocycles. The van der Waals surface area contributed by atoms with Gasteiger partial charge in [-0.25, -0.2) is 0 Å². The summed E-state index contributed by atoms with van der Waals surface area (Å²) < 4.78 is 0. The van der Waals surface area contributed by atoms with Crippen molar-refractivity contribution < 1.29 is 5.11 Å². The molecular weight excluding hydrogens is 322 g/mol. The van der Waals surface area contributed by atoms with Gasteiger partial charge in [0.15, 0.2) is 0 Å². The monoisotopic (exact) mass is 351 g/mol. The van der Waals surface area contributed by atoms with Crippen LogP contribution < -0.4 is 0 Å². The molecule has 0 saturated carbocycles. The first-order valence-corrected chi connectivity index (χ1v) is 9.87. The van der Waals surface area contributed by atoms with Gasteiger partial charge in [-0.3, -0.25) is 9.88 Å². The van der Waals surface area contributed by atoms with Crippen LogP contribution in [-0.4, -0.2) is 52.6 Å². The molecule has 1 unspecified atom stereocenters. The third-order valence-corrected chi connectivity index (χ3v) is 6.36. The van der Waals surface area contributed by atoms with E-state index in [0.29, 0.717) is 6.54 Å². The van der Waals surface area contributed by atoms with Crippen LogP contribution in [0.4, 0.5) is 0 Å². The van der Waals surface area contributed by atoms with Crippen molar-refractivity contribution in [1.29, 1.82) is 0 Å². The molecule has 1 aromatic carbocycles. The SMILES string of the molecule is CCN1CCc2ccccc2C12CCN(CC(O)c1ccncc1)CC2. The van der Waals surface area contributed by atoms with E-state index in [1.807, 2.05) is 12.1 Å². The molecule has 0 radical (unpaired) electrons. The van der Waals surface area contributed by atoms with Crippen molar-refractivity contribution in [2.45, 2.75) is 37.8 Å². The summed E-state index contributed by atoms with van der Waals surface area (Å²) in [6, 6.07) is 12.8. The number of β-amino-alcohol motifs (C(OH)–C–C–N with tert-alkyl or cyclic N) is 1. The average molecular weight is 351 g/mol. The first-order chi connectivity index (χ1) is 12.7. The molecule has 4 heteroatoms. The minimum absolute atomic E-state index is 0.182. The molecule has 2 aromatic rings. The Kier molecular flexibility index (Phi) is 5.07. The molecule has 1 aromatic heterocycles. The summed E-state index contributed by atoms with van der Waals surface area (Å²) in [4.78, 5) is 9.14. The molecule has 2 aliphatic heterocycles. The van der Waals surface area contributed by atoms with Crippen LogP contribution in [0, 0.1) is 0 Å². The lowest BCUT2D eigenvalue weighted by Gasteiger charge is -2.52. The van der Waals surface area contributed by atoms with E-state index in [4.69, 9.17) is 0 Å². The fourth-order valence-electron chi connectivity index (χ4n) is 4.92. The summed E-state index contributed by atoms with van der Waals surface area (Å²) in [7, 11) is 0. The lowest BCUT2D eigenvalue weighted by Crippen LogP contribution is -2.56. The first kappa shape index (κ1) is 17.7. The van der Waals surface area contributed by atoms with E-state index >= 15 is 0 Å².